The zero-order valence-electron chi connectivity index (χ0n) is 20.6. The summed E-state index contributed by atoms with van der Waals surface area (Å²) in [5, 5.41) is 6.09. The molecule has 0 bridgehead atoms. The molecule has 0 atom stereocenters. The predicted molar refractivity (Wildman–Crippen MR) is 155 cm³/mol. The molecule has 3 N–H and O–H groups in total. The summed E-state index contributed by atoms with van der Waals surface area (Å²) in [5.41, 5.74) is 10.9. The number of nitrogens with one attached hydrogen (secondary N) is 1. The van der Waals surface area contributed by atoms with Crippen LogP contribution < -0.4 is 11.1 Å². The van der Waals surface area contributed by atoms with Crippen LogP contribution in [0.1, 0.15) is 33.8 Å². The summed E-state index contributed by atoms with van der Waals surface area (Å²) in [4.78, 5) is 24.5. The largest absolute Gasteiger partial charge is 0.397 e. The van der Waals surface area contributed by atoms with Crippen molar-refractivity contribution in [1.82, 2.24) is 9.97 Å². The Hall–Kier alpha value is -3.85. The van der Waals surface area contributed by atoms with Crippen LogP contribution >= 0.6 is 22.7 Å². The topological polar surface area (TPSA) is 90.1 Å². The van der Waals surface area contributed by atoms with Gasteiger partial charge in [0, 0.05) is 47.8 Å². The van der Waals surface area contributed by atoms with Gasteiger partial charge in [0.2, 0.25) is 0 Å². The SMILES string of the molecule is Nc1ccc(-c2cccs2)cc1NC(=O)c1ccc(C2(c3ncc(-c4cccnc4)s3)CCOCC2)cc1. The quantitative estimate of drug-likeness (QED) is 0.230. The number of pyridine rings is 1. The lowest BCUT2D eigenvalue weighted by atomic mass is 9.74. The molecule has 8 heteroatoms. The van der Waals surface area contributed by atoms with Crippen LogP contribution in [0.5, 0.6) is 0 Å². The van der Waals surface area contributed by atoms with Gasteiger partial charge in [0.15, 0.2) is 0 Å². The van der Waals surface area contributed by atoms with Crippen molar-refractivity contribution < 1.29 is 9.53 Å². The van der Waals surface area contributed by atoms with Gasteiger partial charge in [-0.3, -0.25) is 9.78 Å². The Balaban J connectivity index is 1.26. The fourth-order valence-electron chi connectivity index (χ4n) is 4.88. The summed E-state index contributed by atoms with van der Waals surface area (Å²) in [6, 6.07) is 21.6. The minimum absolute atomic E-state index is 0.194. The first-order chi connectivity index (χ1) is 18.6. The highest BCUT2D eigenvalue weighted by molar-refractivity contribution is 7.15. The molecule has 1 aliphatic rings. The first-order valence-corrected chi connectivity index (χ1v) is 14.1. The fraction of sp³-hybridized carbons (Fsp3) is 0.167. The van der Waals surface area contributed by atoms with E-state index in [4.69, 9.17) is 15.5 Å². The minimum Gasteiger partial charge on any atom is -0.397 e. The molecule has 0 unspecified atom stereocenters. The number of rotatable bonds is 6. The number of hydrogen-bond acceptors (Lipinski definition) is 7. The molecule has 2 aromatic carbocycles. The van der Waals surface area contributed by atoms with Crippen molar-refractivity contribution in [2.24, 2.45) is 0 Å². The molecule has 0 saturated carbocycles. The Morgan fingerprint density at radius 1 is 0.947 bits per heavy atom. The third-order valence-electron chi connectivity index (χ3n) is 7.01. The molecular formula is C30H26N4O2S2. The number of carbonyl (C=O) groups excluding carboxylic acids is 1. The lowest BCUT2D eigenvalue weighted by molar-refractivity contribution is 0.0630. The van der Waals surface area contributed by atoms with E-state index in [1.165, 1.54) is 0 Å². The van der Waals surface area contributed by atoms with Gasteiger partial charge in [0.25, 0.3) is 5.91 Å². The van der Waals surface area contributed by atoms with Gasteiger partial charge in [-0.05, 0) is 65.7 Å². The van der Waals surface area contributed by atoms with E-state index in [1.807, 2.05) is 60.2 Å². The molecule has 6 rings (SSSR count). The summed E-state index contributed by atoms with van der Waals surface area (Å²) in [7, 11) is 0. The van der Waals surface area contributed by atoms with Crippen LogP contribution in [0.3, 0.4) is 0 Å². The van der Waals surface area contributed by atoms with Crippen molar-refractivity contribution in [2.75, 3.05) is 24.3 Å². The number of carbonyl (C=O) groups is 1. The molecule has 38 heavy (non-hydrogen) atoms. The number of anilines is 2. The maximum absolute atomic E-state index is 13.2. The van der Waals surface area contributed by atoms with Gasteiger partial charge >= 0.3 is 0 Å². The molecule has 0 aliphatic carbocycles. The Kier molecular flexibility index (Phi) is 6.76. The summed E-state index contributed by atoms with van der Waals surface area (Å²) in [5.74, 6) is -0.194. The zero-order valence-corrected chi connectivity index (χ0v) is 22.2. The van der Waals surface area contributed by atoms with Gasteiger partial charge in [-0.1, -0.05) is 30.3 Å². The molecule has 1 saturated heterocycles. The van der Waals surface area contributed by atoms with E-state index in [-0.39, 0.29) is 11.3 Å². The number of nitrogens with two attached hydrogens (primary N) is 1. The maximum Gasteiger partial charge on any atom is 0.255 e. The first-order valence-electron chi connectivity index (χ1n) is 12.4. The van der Waals surface area contributed by atoms with E-state index in [2.05, 4.69) is 34.6 Å². The van der Waals surface area contributed by atoms with Crippen LogP contribution in [0.2, 0.25) is 0 Å². The van der Waals surface area contributed by atoms with E-state index >= 15 is 0 Å². The van der Waals surface area contributed by atoms with Crippen molar-refractivity contribution in [3.05, 3.63) is 107 Å². The molecule has 6 nitrogen and oxygen atoms in total. The lowest BCUT2D eigenvalue weighted by Gasteiger charge is -2.36. The predicted octanol–water partition coefficient (Wildman–Crippen LogP) is 6.86. The van der Waals surface area contributed by atoms with Gasteiger partial charge in [-0.15, -0.1) is 22.7 Å². The van der Waals surface area contributed by atoms with Crippen LogP contribution in [-0.4, -0.2) is 29.1 Å². The number of thiazole rings is 1. The van der Waals surface area contributed by atoms with Crippen LogP contribution in [0.15, 0.2) is 90.7 Å². The number of thiophene rings is 1. The summed E-state index contributed by atoms with van der Waals surface area (Å²) in [6.45, 7) is 1.34. The van der Waals surface area contributed by atoms with Crippen molar-refractivity contribution in [3.8, 4) is 20.9 Å². The zero-order chi connectivity index (χ0) is 26.0. The highest BCUT2D eigenvalue weighted by atomic mass is 32.1. The van der Waals surface area contributed by atoms with Crippen molar-refractivity contribution in [1.29, 1.82) is 0 Å². The van der Waals surface area contributed by atoms with E-state index in [0.717, 1.165) is 44.3 Å². The highest BCUT2D eigenvalue weighted by Crippen LogP contribution is 2.44. The van der Waals surface area contributed by atoms with Crippen molar-refractivity contribution in [2.45, 2.75) is 18.3 Å². The molecule has 1 fully saturated rings. The summed E-state index contributed by atoms with van der Waals surface area (Å²) in [6.07, 6.45) is 7.25. The average molecular weight is 539 g/mol. The summed E-state index contributed by atoms with van der Waals surface area (Å²) < 4.78 is 5.73. The molecule has 4 heterocycles. The number of amides is 1. The Bertz CT molecular complexity index is 1540. The third-order valence-corrected chi connectivity index (χ3v) is 9.18. The molecule has 1 aliphatic heterocycles. The van der Waals surface area contributed by atoms with E-state index < -0.39 is 0 Å². The van der Waals surface area contributed by atoms with E-state index in [0.29, 0.717) is 30.2 Å². The van der Waals surface area contributed by atoms with Crippen LogP contribution in [-0.2, 0) is 10.2 Å². The van der Waals surface area contributed by atoms with Gasteiger partial charge in [-0.2, -0.15) is 0 Å². The maximum atomic E-state index is 13.2. The van der Waals surface area contributed by atoms with Gasteiger partial charge in [-0.25, -0.2) is 4.98 Å². The number of hydrogen-bond donors (Lipinski definition) is 2. The Morgan fingerprint density at radius 3 is 2.53 bits per heavy atom. The Morgan fingerprint density at radius 2 is 1.79 bits per heavy atom. The molecular weight excluding hydrogens is 512 g/mol. The number of benzene rings is 2. The standard InChI is InChI=1S/C30H26N4O2S2/c31-24-10-7-21(26-4-2-16-37-26)17-25(24)34-28(35)20-5-8-23(9-6-20)30(11-14-36-15-12-30)29-33-19-27(38-29)22-3-1-13-32-18-22/h1-10,13,16-19H,11-12,14-15,31H2,(H,34,35). The monoisotopic (exact) mass is 538 g/mol. The molecule has 1 amide bonds. The number of ether oxygens (including phenoxy) is 1. The lowest BCUT2D eigenvalue weighted by Crippen LogP contribution is -2.35. The highest BCUT2D eigenvalue weighted by Gasteiger charge is 2.39. The van der Waals surface area contributed by atoms with Crippen LogP contribution in [0, 0.1) is 0 Å². The minimum atomic E-state index is -0.252. The second-order valence-corrected chi connectivity index (χ2v) is 11.3. The van der Waals surface area contributed by atoms with Gasteiger partial charge < -0.3 is 15.8 Å². The first kappa shape index (κ1) is 24.5. The molecule has 3 aromatic heterocycles. The van der Waals surface area contributed by atoms with E-state index in [9.17, 15) is 4.79 Å². The molecule has 5 aromatic rings. The van der Waals surface area contributed by atoms with Crippen LogP contribution in [0.25, 0.3) is 20.9 Å². The summed E-state index contributed by atoms with van der Waals surface area (Å²) >= 11 is 3.35. The van der Waals surface area contributed by atoms with Crippen molar-refractivity contribution in [3.63, 3.8) is 0 Å². The third kappa shape index (κ3) is 4.74. The van der Waals surface area contributed by atoms with E-state index in [1.54, 1.807) is 28.9 Å². The van der Waals surface area contributed by atoms with Crippen molar-refractivity contribution >= 4 is 40.0 Å². The number of aromatic nitrogens is 2. The van der Waals surface area contributed by atoms with Crippen LogP contribution in [0.4, 0.5) is 11.4 Å². The molecule has 190 valence electrons. The molecule has 0 spiro atoms. The second kappa shape index (κ2) is 10.5. The fourth-order valence-corrected chi connectivity index (χ4v) is 6.78. The molecule has 0 radical (unpaired) electrons. The van der Waals surface area contributed by atoms with Gasteiger partial charge in [0.1, 0.15) is 5.01 Å². The number of nitrogen functional groups attached to an aromatic ring is 1. The second-order valence-electron chi connectivity index (χ2n) is 9.28. The Labute approximate surface area is 229 Å². The smallest absolute Gasteiger partial charge is 0.255 e. The number of nitrogens with zero attached hydrogens (tertiary/aromatic N) is 2. The average Bonchev–Trinajstić information content (AvgIpc) is 3.69. The van der Waals surface area contributed by atoms with Gasteiger partial charge in [0.05, 0.1) is 21.7 Å². The normalized spacial score (nSPS) is 14.7.